The van der Waals surface area contributed by atoms with Gasteiger partial charge in [-0.3, -0.25) is 0 Å². The molecular formula is C5H10N4O. The Balaban J connectivity index is 2.82. The van der Waals surface area contributed by atoms with Gasteiger partial charge in [0.05, 0.1) is 0 Å². The maximum Gasteiger partial charge on any atom is 0.162 e. The monoisotopic (exact) mass is 142 g/mol. The van der Waals surface area contributed by atoms with Crippen LogP contribution in [0.3, 0.4) is 0 Å². The van der Waals surface area contributed by atoms with E-state index in [4.69, 9.17) is 10.8 Å². The van der Waals surface area contributed by atoms with Gasteiger partial charge in [-0.15, -0.1) is 10.2 Å². The fourth-order valence-electron chi connectivity index (χ4n) is 0.699. The van der Waals surface area contributed by atoms with Crippen LogP contribution in [0.15, 0.2) is 6.33 Å². The molecule has 56 valence electrons. The summed E-state index contributed by atoms with van der Waals surface area (Å²) in [5, 5.41) is 16.4. The zero-order chi connectivity index (χ0) is 7.56. The average molecular weight is 142 g/mol. The third kappa shape index (κ3) is 1.14. The van der Waals surface area contributed by atoms with Crippen molar-refractivity contribution in [1.29, 1.82) is 0 Å². The van der Waals surface area contributed by atoms with Crippen molar-refractivity contribution < 1.29 is 5.11 Å². The van der Waals surface area contributed by atoms with Crippen molar-refractivity contribution in [3.05, 3.63) is 12.2 Å². The lowest BCUT2D eigenvalue weighted by Gasteiger charge is -2.04. The summed E-state index contributed by atoms with van der Waals surface area (Å²) in [6, 6.07) is 0. The lowest BCUT2D eigenvalue weighted by molar-refractivity contribution is 0.172. The number of hydrogen-bond acceptors (Lipinski definition) is 4. The molecule has 1 heterocycles. The average Bonchev–Trinajstić information content (AvgIpc) is 2.34. The lowest BCUT2D eigenvalue weighted by atomic mass is 10.3. The van der Waals surface area contributed by atoms with Gasteiger partial charge in [-0.25, -0.2) is 0 Å². The Morgan fingerprint density at radius 1 is 1.90 bits per heavy atom. The fourth-order valence-corrected chi connectivity index (χ4v) is 0.699. The van der Waals surface area contributed by atoms with Gasteiger partial charge in [0.1, 0.15) is 12.4 Å². The maximum atomic E-state index is 9.15. The second-order valence-electron chi connectivity index (χ2n) is 2.05. The Hall–Kier alpha value is -0.940. The van der Waals surface area contributed by atoms with Crippen molar-refractivity contribution in [2.45, 2.75) is 6.10 Å². The Bertz CT molecular complexity index is 209. The van der Waals surface area contributed by atoms with E-state index in [2.05, 4.69) is 10.2 Å². The molecule has 0 aliphatic rings. The molecule has 1 rings (SSSR count). The van der Waals surface area contributed by atoms with Gasteiger partial charge in [0.15, 0.2) is 5.82 Å². The van der Waals surface area contributed by atoms with Crippen LogP contribution in [0.25, 0.3) is 0 Å². The van der Waals surface area contributed by atoms with Gasteiger partial charge in [0.25, 0.3) is 0 Å². The summed E-state index contributed by atoms with van der Waals surface area (Å²) < 4.78 is 1.64. The first kappa shape index (κ1) is 7.17. The van der Waals surface area contributed by atoms with E-state index in [-0.39, 0.29) is 6.54 Å². The van der Waals surface area contributed by atoms with E-state index in [1.807, 2.05) is 0 Å². The second-order valence-corrected chi connectivity index (χ2v) is 2.05. The smallest absolute Gasteiger partial charge is 0.162 e. The molecule has 0 fully saturated rings. The number of aliphatic hydroxyl groups is 1. The number of rotatable bonds is 2. The quantitative estimate of drug-likeness (QED) is 0.544. The second kappa shape index (κ2) is 2.76. The molecule has 1 aromatic heterocycles. The molecule has 0 radical (unpaired) electrons. The Morgan fingerprint density at radius 2 is 2.60 bits per heavy atom. The van der Waals surface area contributed by atoms with Gasteiger partial charge in [0.2, 0.25) is 0 Å². The highest BCUT2D eigenvalue weighted by atomic mass is 16.3. The molecule has 0 saturated heterocycles. The molecule has 0 amide bonds. The van der Waals surface area contributed by atoms with Gasteiger partial charge < -0.3 is 15.4 Å². The van der Waals surface area contributed by atoms with Crippen LogP contribution in [0.2, 0.25) is 0 Å². The van der Waals surface area contributed by atoms with Crippen LogP contribution in [0.1, 0.15) is 11.9 Å². The van der Waals surface area contributed by atoms with Crippen molar-refractivity contribution in [3.63, 3.8) is 0 Å². The first-order valence-corrected chi connectivity index (χ1v) is 2.97. The number of nitrogens with two attached hydrogens (primary N) is 1. The molecule has 10 heavy (non-hydrogen) atoms. The molecule has 0 bridgehead atoms. The van der Waals surface area contributed by atoms with Crippen molar-refractivity contribution in [3.8, 4) is 0 Å². The molecule has 1 atom stereocenters. The van der Waals surface area contributed by atoms with Crippen molar-refractivity contribution >= 4 is 0 Å². The molecule has 0 saturated carbocycles. The van der Waals surface area contributed by atoms with E-state index >= 15 is 0 Å². The number of hydrogen-bond donors (Lipinski definition) is 2. The lowest BCUT2D eigenvalue weighted by Crippen LogP contribution is -2.15. The predicted molar refractivity (Wildman–Crippen MR) is 35.0 cm³/mol. The molecular weight excluding hydrogens is 132 g/mol. The molecule has 5 nitrogen and oxygen atoms in total. The van der Waals surface area contributed by atoms with Crippen LogP contribution in [0.4, 0.5) is 0 Å². The first-order chi connectivity index (χ1) is 4.75. The van der Waals surface area contributed by atoms with Crippen LogP contribution < -0.4 is 5.73 Å². The molecule has 0 aliphatic carbocycles. The predicted octanol–water partition coefficient (Wildman–Crippen LogP) is -1.19. The highest BCUT2D eigenvalue weighted by Crippen LogP contribution is 2.04. The number of aliphatic hydroxyl groups excluding tert-OH is 1. The van der Waals surface area contributed by atoms with Crippen LogP contribution in [-0.4, -0.2) is 26.4 Å². The summed E-state index contributed by atoms with van der Waals surface area (Å²) in [4.78, 5) is 0. The highest BCUT2D eigenvalue weighted by molar-refractivity contribution is 4.89. The topological polar surface area (TPSA) is 77.0 Å². The van der Waals surface area contributed by atoms with E-state index in [0.29, 0.717) is 5.82 Å². The van der Waals surface area contributed by atoms with Gasteiger partial charge >= 0.3 is 0 Å². The fraction of sp³-hybridized carbons (Fsp3) is 0.600. The zero-order valence-corrected chi connectivity index (χ0v) is 5.73. The van der Waals surface area contributed by atoms with Crippen molar-refractivity contribution in [2.75, 3.05) is 6.54 Å². The largest absolute Gasteiger partial charge is 0.384 e. The molecule has 3 N–H and O–H groups in total. The molecule has 5 heteroatoms. The number of nitrogens with zero attached hydrogens (tertiary/aromatic N) is 3. The van der Waals surface area contributed by atoms with E-state index in [1.54, 1.807) is 11.6 Å². The molecule has 1 aromatic rings. The van der Waals surface area contributed by atoms with Crippen LogP contribution in [0, 0.1) is 0 Å². The molecule has 0 aromatic carbocycles. The Labute approximate surface area is 58.5 Å². The number of aryl methyl sites for hydroxylation is 1. The van der Waals surface area contributed by atoms with E-state index < -0.39 is 6.10 Å². The summed E-state index contributed by atoms with van der Waals surface area (Å²) in [5.74, 6) is 0.502. The van der Waals surface area contributed by atoms with E-state index in [1.165, 1.54) is 6.33 Å². The van der Waals surface area contributed by atoms with Crippen molar-refractivity contribution in [2.24, 2.45) is 12.8 Å². The van der Waals surface area contributed by atoms with Gasteiger partial charge in [-0.2, -0.15) is 0 Å². The Morgan fingerprint density at radius 3 is 3.00 bits per heavy atom. The molecule has 0 spiro atoms. The van der Waals surface area contributed by atoms with Crippen molar-refractivity contribution in [1.82, 2.24) is 14.8 Å². The summed E-state index contributed by atoms with van der Waals surface area (Å²) in [5.41, 5.74) is 5.20. The van der Waals surface area contributed by atoms with Gasteiger partial charge in [-0.05, 0) is 0 Å². The summed E-state index contributed by atoms with van der Waals surface area (Å²) >= 11 is 0. The third-order valence-electron chi connectivity index (χ3n) is 1.27. The summed E-state index contributed by atoms with van der Waals surface area (Å²) in [6.45, 7) is 0.173. The normalized spacial score (nSPS) is 13.5. The van der Waals surface area contributed by atoms with Crippen LogP contribution in [-0.2, 0) is 7.05 Å². The SMILES string of the molecule is Cn1cnnc1C(O)CN. The summed E-state index contributed by atoms with van der Waals surface area (Å²) in [7, 11) is 1.76. The Kier molecular flexibility index (Phi) is 1.98. The van der Waals surface area contributed by atoms with E-state index in [9.17, 15) is 0 Å². The first-order valence-electron chi connectivity index (χ1n) is 2.97. The highest BCUT2D eigenvalue weighted by Gasteiger charge is 2.09. The van der Waals surface area contributed by atoms with Crippen LogP contribution >= 0.6 is 0 Å². The number of aromatic nitrogens is 3. The minimum atomic E-state index is -0.701. The maximum absolute atomic E-state index is 9.15. The van der Waals surface area contributed by atoms with E-state index in [0.717, 1.165) is 0 Å². The minimum absolute atomic E-state index is 0.173. The van der Waals surface area contributed by atoms with Gasteiger partial charge in [0, 0.05) is 13.6 Å². The standard InChI is InChI=1S/C5H10N4O/c1-9-3-7-8-5(9)4(10)2-6/h3-4,10H,2,6H2,1H3. The third-order valence-corrected chi connectivity index (χ3v) is 1.27. The zero-order valence-electron chi connectivity index (χ0n) is 5.73. The summed E-state index contributed by atoms with van der Waals surface area (Å²) in [6.07, 6.45) is 0.821. The minimum Gasteiger partial charge on any atom is -0.384 e. The molecule has 0 aliphatic heterocycles. The molecule has 1 unspecified atom stereocenters. The van der Waals surface area contributed by atoms with Crippen LogP contribution in [0.5, 0.6) is 0 Å². The van der Waals surface area contributed by atoms with Gasteiger partial charge in [-0.1, -0.05) is 0 Å².